The molecule has 1 spiro atoms. The summed E-state index contributed by atoms with van der Waals surface area (Å²) in [6.07, 6.45) is 0.671. The molecule has 0 unspecified atom stereocenters. The Morgan fingerprint density at radius 2 is 1.71 bits per heavy atom. The normalized spacial score (nSPS) is 17.4. The minimum Gasteiger partial charge on any atom is -0.465 e. The van der Waals surface area contributed by atoms with Crippen molar-refractivity contribution in [1.29, 1.82) is 0 Å². The number of rotatable bonds is 4. The highest BCUT2D eigenvalue weighted by Crippen LogP contribution is 2.36. The number of ether oxygens (including phenoxy) is 2. The molecule has 2 aliphatic rings. The number of piperidine rings is 1. The highest BCUT2D eigenvalue weighted by atomic mass is 16.6. The molecule has 162 valence electrons. The number of hydrogen-bond donors (Lipinski definition) is 1. The third kappa shape index (κ3) is 4.05. The fourth-order valence-corrected chi connectivity index (χ4v) is 4.18. The molecule has 0 saturated carbocycles. The van der Waals surface area contributed by atoms with E-state index in [-0.39, 0.29) is 12.5 Å². The average Bonchev–Trinajstić information content (AvgIpc) is 3.13. The number of carbonyl (C=O) groups is 3. The monoisotopic (exact) mass is 423 g/mol. The van der Waals surface area contributed by atoms with Gasteiger partial charge in [0.1, 0.15) is 12.1 Å². The van der Waals surface area contributed by atoms with Gasteiger partial charge in [0.05, 0.1) is 19.3 Å². The van der Waals surface area contributed by atoms with Crippen LogP contribution in [0.2, 0.25) is 0 Å². The Morgan fingerprint density at radius 3 is 2.35 bits per heavy atom. The molecule has 0 aliphatic carbocycles. The number of para-hydroxylation sites is 1. The summed E-state index contributed by atoms with van der Waals surface area (Å²) >= 11 is 0. The molecule has 8 nitrogen and oxygen atoms in total. The van der Waals surface area contributed by atoms with E-state index in [1.54, 1.807) is 29.2 Å². The minimum absolute atomic E-state index is 0.00932. The third-order valence-corrected chi connectivity index (χ3v) is 5.99. The van der Waals surface area contributed by atoms with Crippen LogP contribution in [-0.2, 0) is 20.9 Å². The van der Waals surface area contributed by atoms with Crippen LogP contribution in [0.15, 0.2) is 54.6 Å². The Balaban J connectivity index is 1.34. The zero-order valence-electron chi connectivity index (χ0n) is 17.4. The topological polar surface area (TPSA) is 88.2 Å². The van der Waals surface area contributed by atoms with Crippen LogP contribution in [0, 0.1) is 0 Å². The van der Waals surface area contributed by atoms with Gasteiger partial charge in [-0.3, -0.25) is 4.79 Å². The maximum absolute atomic E-state index is 12.7. The number of hydrogen-bond acceptors (Lipinski definition) is 6. The van der Waals surface area contributed by atoms with E-state index in [1.165, 1.54) is 7.11 Å². The van der Waals surface area contributed by atoms with Crippen molar-refractivity contribution in [3.05, 3.63) is 65.7 Å². The Labute approximate surface area is 180 Å². The van der Waals surface area contributed by atoms with E-state index in [9.17, 15) is 14.4 Å². The molecular weight excluding hydrogens is 398 g/mol. The lowest BCUT2D eigenvalue weighted by molar-refractivity contribution is -0.125. The zero-order valence-corrected chi connectivity index (χ0v) is 17.4. The first-order valence-electron chi connectivity index (χ1n) is 10.2. The van der Waals surface area contributed by atoms with Gasteiger partial charge in [0.25, 0.3) is 0 Å². The second kappa shape index (κ2) is 8.67. The molecule has 0 aromatic heterocycles. The van der Waals surface area contributed by atoms with E-state index < -0.39 is 17.6 Å². The second-order valence-electron chi connectivity index (χ2n) is 7.69. The van der Waals surface area contributed by atoms with Crippen molar-refractivity contribution in [3.8, 4) is 0 Å². The molecule has 2 aliphatic heterocycles. The van der Waals surface area contributed by atoms with E-state index in [0.29, 0.717) is 38.2 Å². The van der Waals surface area contributed by atoms with E-state index >= 15 is 0 Å². The van der Waals surface area contributed by atoms with Gasteiger partial charge >= 0.3 is 12.1 Å². The summed E-state index contributed by atoms with van der Waals surface area (Å²) in [4.78, 5) is 40.5. The Morgan fingerprint density at radius 1 is 1.03 bits per heavy atom. The molecule has 2 aromatic carbocycles. The molecule has 0 radical (unpaired) electrons. The number of anilines is 1. The molecule has 4 rings (SSSR count). The van der Waals surface area contributed by atoms with Gasteiger partial charge in [-0.2, -0.15) is 0 Å². The smallest absolute Gasteiger partial charge is 0.410 e. The van der Waals surface area contributed by atoms with Gasteiger partial charge in [-0.1, -0.05) is 30.3 Å². The second-order valence-corrected chi connectivity index (χ2v) is 7.69. The summed E-state index contributed by atoms with van der Waals surface area (Å²) in [5, 5.41) is 2.96. The number of nitrogens with one attached hydrogen (secondary N) is 1. The summed E-state index contributed by atoms with van der Waals surface area (Å²) in [5.74, 6) is -0.402. The lowest BCUT2D eigenvalue weighted by Gasteiger charge is -2.42. The van der Waals surface area contributed by atoms with Crippen molar-refractivity contribution in [2.24, 2.45) is 0 Å². The molecule has 0 bridgehead atoms. The van der Waals surface area contributed by atoms with Gasteiger partial charge in [0.15, 0.2) is 0 Å². The van der Waals surface area contributed by atoms with Crippen LogP contribution >= 0.6 is 0 Å². The molecular formula is C23H25N3O5. The minimum atomic E-state index is -0.637. The predicted octanol–water partition coefficient (Wildman–Crippen LogP) is 2.54. The maximum Gasteiger partial charge on any atom is 0.410 e. The van der Waals surface area contributed by atoms with Crippen molar-refractivity contribution in [3.63, 3.8) is 0 Å². The standard InChI is InChI=1S/C23H25N3O5/c1-30-20(27)18-9-7-17(8-10-18)15-31-22(29)25-13-11-23(12-14-25)21(28)24-16-26(23)19-5-3-2-4-6-19/h2-10H,11-16H2,1H3,(H,24,28). The Hall–Kier alpha value is -3.55. The molecule has 31 heavy (non-hydrogen) atoms. The molecule has 0 atom stereocenters. The number of methoxy groups -OCH3 is 1. The van der Waals surface area contributed by atoms with Gasteiger partial charge in [0, 0.05) is 18.8 Å². The zero-order chi connectivity index (χ0) is 21.8. The lowest BCUT2D eigenvalue weighted by atomic mass is 9.86. The lowest BCUT2D eigenvalue weighted by Crippen LogP contribution is -2.57. The van der Waals surface area contributed by atoms with Crippen LogP contribution in [-0.4, -0.2) is 55.3 Å². The van der Waals surface area contributed by atoms with Crippen molar-refractivity contribution < 1.29 is 23.9 Å². The molecule has 2 aromatic rings. The van der Waals surface area contributed by atoms with Gasteiger partial charge < -0.3 is 24.6 Å². The van der Waals surface area contributed by atoms with Crippen molar-refractivity contribution >= 4 is 23.7 Å². The van der Waals surface area contributed by atoms with Crippen LogP contribution in [0.5, 0.6) is 0 Å². The van der Waals surface area contributed by atoms with Crippen LogP contribution in [0.3, 0.4) is 0 Å². The van der Waals surface area contributed by atoms with E-state index in [4.69, 9.17) is 4.74 Å². The number of nitrogens with zero attached hydrogens (tertiary/aromatic N) is 2. The summed E-state index contributed by atoms with van der Waals surface area (Å²) < 4.78 is 10.1. The fraction of sp³-hybridized carbons (Fsp3) is 0.348. The van der Waals surface area contributed by atoms with Crippen LogP contribution < -0.4 is 10.2 Å². The first-order chi connectivity index (χ1) is 15.0. The average molecular weight is 423 g/mol. The quantitative estimate of drug-likeness (QED) is 0.761. The highest BCUT2D eigenvalue weighted by Gasteiger charge is 2.50. The van der Waals surface area contributed by atoms with Gasteiger partial charge in [-0.15, -0.1) is 0 Å². The molecule has 2 amide bonds. The summed E-state index contributed by atoms with van der Waals surface area (Å²) in [7, 11) is 1.33. The van der Waals surface area contributed by atoms with E-state index in [1.807, 2.05) is 30.3 Å². The number of esters is 1. The highest BCUT2D eigenvalue weighted by molar-refractivity contribution is 5.93. The Bertz CT molecular complexity index is 953. The number of likely N-dealkylation sites (tertiary alicyclic amines) is 1. The van der Waals surface area contributed by atoms with Gasteiger partial charge in [-0.25, -0.2) is 9.59 Å². The summed E-state index contributed by atoms with van der Waals surface area (Å²) in [6, 6.07) is 16.6. The SMILES string of the molecule is COC(=O)c1ccc(COC(=O)N2CCC3(CC2)C(=O)NCN3c2ccccc2)cc1. The number of amides is 2. The third-order valence-electron chi connectivity index (χ3n) is 5.99. The molecule has 2 heterocycles. The van der Waals surface area contributed by atoms with Crippen molar-refractivity contribution in [2.45, 2.75) is 25.0 Å². The van der Waals surface area contributed by atoms with Crippen molar-refractivity contribution in [1.82, 2.24) is 10.2 Å². The molecule has 8 heteroatoms. The summed E-state index contributed by atoms with van der Waals surface area (Å²) in [5.41, 5.74) is 1.57. The van der Waals surface area contributed by atoms with Crippen LogP contribution in [0.1, 0.15) is 28.8 Å². The van der Waals surface area contributed by atoms with Gasteiger partial charge in [0.2, 0.25) is 5.91 Å². The molecule has 2 fully saturated rings. The first kappa shape index (κ1) is 20.7. The number of carbonyl (C=O) groups excluding carboxylic acids is 3. The van der Waals surface area contributed by atoms with Crippen LogP contribution in [0.25, 0.3) is 0 Å². The predicted molar refractivity (Wildman–Crippen MR) is 113 cm³/mol. The number of benzene rings is 2. The van der Waals surface area contributed by atoms with E-state index in [2.05, 4.69) is 15.0 Å². The molecule has 2 saturated heterocycles. The summed E-state index contributed by atoms with van der Waals surface area (Å²) in [6.45, 7) is 1.46. The maximum atomic E-state index is 12.7. The van der Waals surface area contributed by atoms with Crippen molar-refractivity contribution in [2.75, 3.05) is 31.8 Å². The largest absolute Gasteiger partial charge is 0.465 e. The first-order valence-corrected chi connectivity index (χ1v) is 10.2. The van der Waals surface area contributed by atoms with Gasteiger partial charge in [-0.05, 0) is 42.7 Å². The van der Waals surface area contributed by atoms with E-state index in [0.717, 1.165) is 11.3 Å². The molecule has 1 N–H and O–H groups in total. The van der Waals surface area contributed by atoms with Crippen LogP contribution in [0.4, 0.5) is 10.5 Å². The Kier molecular flexibility index (Phi) is 5.79. The fourth-order valence-electron chi connectivity index (χ4n) is 4.18.